The Morgan fingerprint density at radius 1 is 1.69 bits per heavy atom. The van der Waals surface area contributed by atoms with E-state index in [2.05, 4.69) is 22.2 Å². The van der Waals surface area contributed by atoms with Gasteiger partial charge in [-0.25, -0.2) is 0 Å². The fourth-order valence-corrected chi connectivity index (χ4v) is 2.15. The lowest BCUT2D eigenvalue weighted by Crippen LogP contribution is -2.50. The largest absolute Gasteiger partial charge is 0.324 e. The van der Waals surface area contributed by atoms with Crippen LogP contribution in [0.5, 0.6) is 0 Å². The summed E-state index contributed by atoms with van der Waals surface area (Å²) < 4.78 is 0. The van der Waals surface area contributed by atoms with Crippen molar-refractivity contribution in [2.75, 3.05) is 26.7 Å². The van der Waals surface area contributed by atoms with Crippen LogP contribution in [0.1, 0.15) is 18.0 Å². The van der Waals surface area contributed by atoms with Crippen LogP contribution in [0.3, 0.4) is 0 Å². The molecule has 2 unspecified atom stereocenters. The van der Waals surface area contributed by atoms with E-state index in [1.165, 1.54) is 0 Å². The average Bonchev–Trinajstić information content (AvgIpc) is 2.33. The number of hydrogen-bond acceptors (Lipinski definition) is 4. The van der Waals surface area contributed by atoms with Crippen molar-refractivity contribution >= 4 is 0 Å². The molecule has 1 aromatic heterocycles. The monoisotopic (exact) mass is 220 g/mol. The Bertz CT molecular complexity index is 314. The van der Waals surface area contributed by atoms with Crippen molar-refractivity contribution in [3.8, 4) is 0 Å². The first-order valence-corrected chi connectivity index (χ1v) is 5.84. The van der Waals surface area contributed by atoms with Gasteiger partial charge in [0.15, 0.2) is 0 Å². The molecule has 0 radical (unpaired) electrons. The Kier molecular flexibility index (Phi) is 3.88. The van der Waals surface area contributed by atoms with Crippen LogP contribution in [0.15, 0.2) is 24.5 Å². The summed E-state index contributed by atoms with van der Waals surface area (Å²) >= 11 is 0. The summed E-state index contributed by atoms with van der Waals surface area (Å²) in [5.41, 5.74) is 7.32. The average molecular weight is 220 g/mol. The molecule has 1 saturated heterocycles. The van der Waals surface area contributed by atoms with Crippen LogP contribution >= 0.6 is 0 Å². The maximum atomic E-state index is 6.19. The van der Waals surface area contributed by atoms with Gasteiger partial charge in [-0.3, -0.25) is 4.98 Å². The topological polar surface area (TPSA) is 54.2 Å². The number of aromatic nitrogens is 1. The molecule has 88 valence electrons. The van der Waals surface area contributed by atoms with Crippen molar-refractivity contribution in [1.82, 2.24) is 15.2 Å². The molecule has 0 saturated carbocycles. The quantitative estimate of drug-likeness (QED) is 0.773. The first-order valence-electron chi connectivity index (χ1n) is 5.84. The number of nitrogens with two attached hydrogens (primary N) is 1. The zero-order valence-corrected chi connectivity index (χ0v) is 9.76. The molecule has 0 aliphatic carbocycles. The summed E-state index contributed by atoms with van der Waals surface area (Å²) in [6, 6.07) is 4.61. The van der Waals surface area contributed by atoms with Crippen LogP contribution in [0.2, 0.25) is 0 Å². The Balaban J connectivity index is 1.94. The lowest BCUT2D eigenvalue weighted by atomic mass is 10.00. The molecule has 1 aromatic rings. The third-order valence-corrected chi connectivity index (χ3v) is 3.28. The normalized spacial score (nSPS) is 24.2. The minimum absolute atomic E-state index is 0.0843. The standard InChI is InChI=1S/C12H20N4/c1-16-6-5-15-9-11(16)7-12(13)10-3-2-4-14-8-10/h2-4,8,11-12,15H,5-7,9,13H2,1H3. The van der Waals surface area contributed by atoms with Gasteiger partial charge in [-0.1, -0.05) is 6.07 Å². The number of nitrogens with zero attached hydrogens (tertiary/aromatic N) is 2. The minimum Gasteiger partial charge on any atom is -0.324 e. The molecule has 0 bridgehead atoms. The molecule has 1 fully saturated rings. The fraction of sp³-hybridized carbons (Fsp3) is 0.583. The smallest absolute Gasteiger partial charge is 0.0325 e. The van der Waals surface area contributed by atoms with Gasteiger partial charge < -0.3 is 16.0 Å². The third kappa shape index (κ3) is 2.78. The SMILES string of the molecule is CN1CCNCC1CC(N)c1cccnc1. The van der Waals surface area contributed by atoms with Gasteiger partial charge >= 0.3 is 0 Å². The molecule has 0 spiro atoms. The maximum absolute atomic E-state index is 6.19. The van der Waals surface area contributed by atoms with Gasteiger partial charge in [0, 0.05) is 44.1 Å². The van der Waals surface area contributed by atoms with Crippen LogP contribution in [-0.2, 0) is 0 Å². The maximum Gasteiger partial charge on any atom is 0.0325 e. The Labute approximate surface area is 96.8 Å². The van der Waals surface area contributed by atoms with Gasteiger partial charge in [-0.2, -0.15) is 0 Å². The van der Waals surface area contributed by atoms with Crippen molar-refractivity contribution in [2.45, 2.75) is 18.5 Å². The summed E-state index contributed by atoms with van der Waals surface area (Å²) in [4.78, 5) is 6.49. The van der Waals surface area contributed by atoms with Gasteiger partial charge in [0.2, 0.25) is 0 Å². The molecule has 4 heteroatoms. The van der Waals surface area contributed by atoms with Crippen LogP contribution < -0.4 is 11.1 Å². The molecular weight excluding hydrogens is 200 g/mol. The first kappa shape index (κ1) is 11.5. The predicted octanol–water partition coefficient (Wildman–Crippen LogP) is 0.375. The highest BCUT2D eigenvalue weighted by molar-refractivity contribution is 5.13. The van der Waals surface area contributed by atoms with Crippen LogP contribution in [0.25, 0.3) is 0 Å². The minimum atomic E-state index is 0.0843. The van der Waals surface area contributed by atoms with E-state index in [9.17, 15) is 0 Å². The molecule has 0 aromatic carbocycles. The molecule has 0 amide bonds. The second-order valence-electron chi connectivity index (χ2n) is 4.47. The summed E-state index contributed by atoms with van der Waals surface area (Å²) in [5, 5.41) is 3.41. The Morgan fingerprint density at radius 2 is 2.56 bits per heavy atom. The number of likely N-dealkylation sites (N-methyl/N-ethyl adjacent to an activating group) is 1. The van der Waals surface area contributed by atoms with E-state index in [-0.39, 0.29) is 6.04 Å². The lowest BCUT2D eigenvalue weighted by Gasteiger charge is -2.34. The number of nitrogens with one attached hydrogen (secondary N) is 1. The molecule has 2 atom stereocenters. The zero-order valence-electron chi connectivity index (χ0n) is 9.76. The van der Waals surface area contributed by atoms with E-state index in [0.29, 0.717) is 6.04 Å². The molecule has 4 nitrogen and oxygen atoms in total. The Hall–Kier alpha value is -0.970. The van der Waals surface area contributed by atoms with Gasteiger partial charge in [0.05, 0.1) is 0 Å². The summed E-state index contributed by atoms with van der Waals surface area (Å²) in [5.74, 6) is 0. The molecule has 16 heavy (non-hydrogen) atoms. The van der Waals surface area contributed by atoms with E-state index in [4.69, 9.17) is 5.73 Å². The van der Waals surface area contributed by atoms with Crippen LogP contribution in [0, 0.1) is 0 Å². The summed E-state index contributed by atoms with van der Waals surface area (Å²) in [7, 11) is 2.17. The van der Waals surface area contributed by atoms with Crippen molar-refractivity contribution in [3.05, 3.63) is 30.1 Å². The molecule has 1 aliphatic heterocycles. The van der Waals surface area contributed by atoms with Crippen molar-refractivity contribution in [2.24, 2.45) is 5.73 Å². The fourth-order valence-electron chi connectivity index (χ4n) is 2.15. The lowest BCUT2D eigenvalue weighted by molar-refractivity contribution is 0.182. The van der Waals surface area contributed by atoms with Crippen molar-refractivity contribution < 1.29 is 0 Å². The van der Waals surface area contributed by atoms with Crippen LogP contribution in [0.4, 0.5) is 0 Å². The number of piperazine rings is 1. The zero-order chi connectivity index (χ0) is 11.4. The molecule has 1 aliphatic rings. The van der Waals surface area contributed by atoms with Crippen molar-refractivity contribution in [3.63, 3.8) is 0 Å². The predicted molar refractivity (Wildman–Crippen MR) is 65.1 cm³/mol. The summed E-state index contributed by atoms with van der Waals surface area (Å²) in [6.45, 7) is 3.21. The first-order chi connectivity index (χ1) is 7.77. The van der Waals surface area contributed by atoms with Crippen LogP contribution in [-0.4, -0.2) is 42.6 Å². The Morgan fingerprint density at radius 3 is 3.25 bits per heavy atom. The molecule has 2 heterocycles. The second kappa shape index (κ2) is 5.39. The second-order valence-corrected chi connectivity index (χ2v) is 4.47. The van der Waals surface area contributed by atoms with E-state index >= 15 is 0 Å². The molecule has 2 rings (SSSR count). The van der Waals surface area contributed by atoms with Gasteiger partial charge in [0.1, 0.15) is 0 Å². The summed E-state index contributed by atoms with van der Waals surface area (Å²) in [6.07, 6.45) is 4.63. The van der Waals surface area contributed by atoms with Gasteiger partial charge in [-0.15, -0.1) is 0 Å². The van der Waals surface area contributed by atoms with Crippen molar-refractivity contribution in [1.29, 1.82) is 0 Å². The van der Waals surface area contributed by atoms with Gasteiger partial charge in [0.25, 0.3) is 0 Å². The van der Waals surface area contributed by atoms with E-state index < -0.39 is 0 Å². The third-order valence-electron chi connectivity index (χ3n) is 3.28. The number of hydrogen-bond donors (Lipinski definition) is 2. The highest BCUT2D eigenvalue weighted by Gasteiger charge is 2.21. The van der Waals surface area contributed by atoms with E-state index in [1.54, 1.807) is 6.20 Å². The highest BCUT2D eigenvalue weighted by Crippen LogP contribution is 2.17. The molecular formula is C12H20N4. The van der Waals surface area contributed by atoms with Gasteiger partial charge in [-0.05, 0) is 25.1 Å². The highest BCUT2D eigenvalue weighted by atomic mass is 15.2. The molecule has 3 N–H and O–H groups in total. The van der Waals surface area contributed by atoms with E-state index in [0.717, 1.165) is 31.6 Å². The van der Waals surface area contributed by atoms with E-state index in [1.807, 2.05) is 18.3 Å². The number of rotatable bonds is 3. The number of pyridine rings is 1.